The van der Waals surface area contributed by atoms with E-state index < -0.39 is 0 Å². The predicted molar refractivity (Wildman–Crippen MR) is 117 cm³/mol. The number of methoxy groups -OCH3 is 1. The lowest BCUT2D eigenvalue weighted by Gasteiger charge is -2.24. The van der Waals surface area contributed by atoms with Gasteiger partial charge < -0.3 is 15.0 Å². The highest BCUT2D eigenvalue weighted by Crippen LogP contribution is 2.38. The Labute approximate surface area is 176 Å². The van der Waals surface area contributed by atoms with Crippen LogP contribution in [-0.4, -0.2) is 31.6 Å². The fourth-order valence-corrected chi connectivity index (χ4v) is 5.81. The molecule has 1 aromatic heterocycles. The number of anilines is 2. The van der Waals surface area contributed by atoms with E-state index in [0.717, 1.165) is 43.4 Å². The zero-order valence-corrected chi connectivity index (χ0v) is 17.9. The third kappa shape index (κ3) is 4.04. The molecule has 154 valence electrons. The van der Waals surface area contributed by atoms with Gasteiger partial charge in [-0.3, -0.25) is 4.79 Å². The summed E-state index contributed by atoms with van der Waals surface area (Å²) >= 11 is 1.55. The molecular formula is C23H28N2O3S. The maximum absolute atomic E-state index is 12.9. The number of esters is 1. The number of hydrogen-bond donors (Lipinski definition) is 1. The highest BCUT2D eigenvalue weighted by molar-refractivity contribution is 7.17. The first kappa shape index (κ1) is 20.0. The molecule has 29 heavy (non-hydrogen) atoms. The zero-order chi connectivity index (χ0) is 20.4. The smallest absolute Gasteiger partial charge is 0.341 e. The minimum atomic E-state index is -0.349. The van der Waals surface area contributed by atoms with Crippen molar-refractivity contribution < 1.29 is 14.3 Å². The van der Waals surface area contributed by atoms with Gasteiger partial charge in [-0.05, 0) is 56.2 Å². The van der Waals surface area contributed by atoms with E-state index in [1.54, 1.807) is 11.3 Å². The molecule has 1 N–H and O–H groups in total. The van der Waals surface area contributed by atoms with Crippen LogP contribution in [0.15, 0.2) is 24.3 Å². The fraction of sp³-hybridized carbons (Fsp3) is 0.478. The minimum absolute atomic E-state index is 0.0899. The summed E-state index contributed by atoms with van der Waals surface area (Å²) in [4.78, 5) is 28.8. The van der Waals surface area contributed by atoms with Crippen LogP contribution in [0.2, 0.25) is 0 Å². The molecule has 5 nitrogen and oxygen atoms in total. The molecule has 1 unspecified atom stereocenters. The molecular weight excluding hydrogens is 384 g/mol. The van der Waals surface area contributed by atoms with Gasteiger partial charge in [0.15, 0.2) is 0 Å². The third-order valence-electron chi connectivity index (χ3n) is 5.98. The van der Waals surface area contributed by atoms with Crippen molar-refractivity contribution in [2.24, 2.45) is 0 Å². The number of rotatable bonds is 4. The van der Waals surface area contributed by atoms with Gasteiger partial charge in [0.25, 0.3) is 0 Å². The summed E-state index contributed by atoms with van der Waals surface area (Å²) in [5.41, 5.74) is 4.05. The quantitative estimate of drug-likeness (QED) is 0.747. The number of hydrogen-bond acceptors (Lipinski definition) is 5. The Morgan fingerprint density at radius 3 is 2.72 bits per heavy atom. The third-order valence-corrected chi connectivity index (χ3v) is 7.18. The maximum Gasteiger partial charge on any atom is 0.341 e. The van der Waals surface area contributed by atoms with Gasteiger partial charge in [0.2, 0.25) is 5.91 Å². The van der Waals surface area contributed by atoms with Gasteiger partial charge in [-0.25, -0.2) is 4.79 Å². The van der Waals surface area contributed by atoms with Crippen molar-refractivity contribution in [3.63, 3.8) is 0 Å². The van der Waals surface area contributed by atoms with Crippen LogP contribution >= 0.6 is 11.3 Å². The highest BCUT2D eigenvalue weighted by atomic mass is 32.1. The van der Waals surface area contributed by atoms with Crippen LogP contribution in [-0.2, 0) is 28.8 Å². The van der Waals surface area contributed by atoms with E-state index in [1.165, 1.54) is 30.4 Å². The minimum Gasteiger partial charge on any atom is -0.465 e. The van der Waals surface area contributed by atoms with Gasteiger partial charge in [-0.1, -0.05) is 31.0 Å². The van der Waals surface area contributed by atoms with Gasteiger partial charge in [-0.2, -0.15) is 0 Å². The first-order chi connectivity index (χ1) is 14.1. The van der Waals surface area contributed by atoms with Crippen LogP contribution in [0.4, 0.5) is 10.7 Å². The van der Waals surface area contributed by atoms with Gasteiger partial charge >= 0.3 is 5.97 Å². The number of carbonyl (C=O) groups is 2. The van der Waals surface area contributed by atoms with Gasteiger partial charge in [-0.15, -0.1) is 11.3 Å². The van der Waals surface area contributed by atoms with Crippen molar-refractivity contribution in [3.8, 4) is 0 Å². The molecule has 1 aromatic carbocycles. The average molecular weight is 413 g/mol. The van der Waals surface area contributed by atoms with E-state index in [4.69, 9.17) is 4.74 Å². The van der Waals surface area contributed by atoms with E-state index in [1.807, 2.05) is 12.1 Å². The Hall–Kier alpha value is -2.34. The van der Waals surface area contributed by atoms with Crippen LogP contribution in [0.3, 0.4) is 0 Å². The molecule has 1 aliphatic carbocycles. The molecule has 6 heteroatoms. The number of amides is 1. The molecule has 0 radical (unpaired) electrons. The molecule has 0 fully saturated rings. The number of nitrogens with zero attached hydrogens (tertiary/aromatic N) is 1. The summed E-state index contributed by atoms with van der Waals surface area (Å²) in [6.45, 7) is 2.42. The van der Waals surface area contributed by atoms with E-state index in [-0.39, 0.29) is 24.5 Å². The number of aryl methyl sites for hydroxylation is 1. The highest BCUT2D eigenvalue weighted by Gasteiger charge is 2.29. The second kappa shape index (κ2) is 8.57. The number of nitrogens with one attached hydrogen (secondary N) is 1. The number of benzene rings is 1. The van der Waals surface area contributed by atoms with Gasteiger partial charge in [0.05, 0.1) is 19.2 Å². The predicted octanol–water partition coefficient (Wildman–Crippen LogP) is 4.58. The lowest BCUT2D eigenvalue weighted by atomic mass is 9.96. The molecule has 2 aliphatic rings. The van der Waals surface area contributed by atoms with Gasteiger partial charge in [0.1, 0.15) is 5.00 Å². The zero-order valence-electron chi connectivity index (χ0n) is 17.1. The SMILES string of the molecule is COC(=O)c1c(NC(=O)CN2c3ccccc3CC2C)sc2c1CCCCCC2. The number of ether oxygens (including phenoxy) is 1. The molecule has 0 saturated carbocycles. The van der Waals surface area contributed by atoms with Gasteiger partial charge in [0, 0.05) is 16.6 Å². The standard InChI is InChI=1S/C23H28N2O3S/c1-15-13-16-9-7-8-11-18(16)25(15)14-20(26)24-22-21(23(27)28-2)17-10-5-3-4-6-12-19(17)29-22/h7-9,11,15H,3-6,10,12-14H2,1-2H3,(H,24,26). The lowest BCUT2D eigenvalue weighted by Crippen LogP contribution is -2.37. The van der Waals surface area contributed by atoms with Crippen LogP contribution < -0.4 is 10.2 Å². The van der Waals surface area contributed by atoms with Crippen LogP contribution in [0, 0.1) is 0 Å². The van der Waals surface area contributed by atoms with Crippen molar-refractivity contribution >= 4 is 33.9 Å². The summed E-state index contributed by atoms with van der Waals surface area (Å²) in [5.74, 6) is -0.439. The molecule has 2 aromatic rings. The van der Waals surface area contributed by atoms with E-state index in [0.29, 0.717) is 10.6 Å². The normalized spacial score (nSPS) is 18.4. The summed E-state index contributed by atoms with van der Waals surface area (Å²) in [6.07, 6.45) is 7.40. The second-order valence-corrected chi connectivity index (χ2v) is 9.08. The molecule has 0 bridgehead atoms. The van der Waals surface area contributed by atoms with Crippen molar-refractivity contribution in [1.82, 2.24) is 0 Å². The van der Waals surface area contributed by atoms with E-state index >= 15 is 0 Å². The molecule has 1 atom stereocenters. The molecule has 4 rings (SSSR count). The van der Waals surface area contributed by atoms with Crippen LogP contribution in [0.25, 0.3) is 0 Å². The monoisotopic (exact) mass is 412 g/mol. The number of fused-ring (bicyclic) bond motifs is 2. The van der Waals surface area contributed by atoms with E-state index in [2.05, 4.69) is 29.3 Å². The second-order valence-electron chi connectivity index (χ2n) is 7.97. The Bertz CT molecular complexity index is 921. The van der Waals surface area contributed by atoms with E-state index in [9.17, 15) is 9.59 Å². The van der Waals surface area contributed by atoms with Crippen LogP contribution in [0.1, 0.15) is 59.0 Å². The number of para-hydroxylation sites is 1. The molecule has 1 aliphatic heterocycles. The molecule has 0 saturated heterocycles. The van der Waals surface area contributed by atoms with Crippen molar-refractivity contribution in [1.29, 1.82) is 0 Å². The number of carbonyl (C=O) groups excluding carboxylic acids is 2. The first-order valence-electron chi connectivity index (χ1n) is 10.5. The first-order valence-corrected chi connectivity index (χ1v) is 11.3. The Kier molecular flexibility index (Phi) is 5.90. The summed E-state index contributed by atoms with van der Waals surface area (Å²) in [5, 5.41) is 3.69. The average Bonchev–Trinajstić information content (AvgIpc) is 3.18. The molecule has 0 spiro atoms. The molecule has 1 amide bonds. The summed E-state index contributed by atoms with van der Waals surface area (Å²) in [7, 11) is 1.41. The van der Waals surface area contributed by atoms with Crippen molar-refractivity contribution in [2.75, 3.05) is 23.9 Å². The lowest BCUT2D eigenvalue weighted by molar-refractivity contribution is -0.115. The maximum atomic E-state index is 12.9. The molecule has 2 heterocycles. The fourth-order valence-electron chi connectivity index (χ4n) is 4.52. The summed E-state index contributed by atoms with van der Waals surface area (Å²) < 4.78 is 5.06. The van der Waals surface area contributed by atoms with Crippen molar-refractivity contribution in [3.05, 3.63) is 45.8 Å². The Balaban J connectivity index is 1.56. The Morgan fingerprint density at radius 1 is 1.17 bits per heavy atom. The number of thiophene rings is 1. The van der Waals surface area contributed by atoms with Crippen LogP contribution in [0.5, 0.6) is 0 Å². The largest absolute Gasteiger partial charge is 0.465 e. The van der Waals surface area contributed by atoms with Crippen molar-refractivity contribution in [2.45, 2.75) is 57.9 Å². The summed E-state index contributed by atoms with van der Waals surface area (Å²) in [6, 6.07) is 8.53. The topological polar surface area (TPSA) is 58.6 Å². The Morgan fingerprint density at radius 2 is 1.93 bits per heavy atom.